The number of rotatable bonds is 6. The second-order valence-corrected chi connectivity index (χ2v) is 9.48. The molecule has 194 valence electrons. The van der Waals surface area contributed by atoms with E-state index >= 15 is 0 Å². The van der Waals surface area contributed by atoms with Gasteiger partial charge in [-0.25, -0.2) is 0 Å². The van der Waals surface area contributed by atoms with E-state index in [0.29, 0.717) is 35.1 Å². The van der Waals surface area contributed by atoms with Crippen molar-refractivity contribution in [1.29, 1.82) is 5.26 Å². The molecule has 0 radical (unpaired) electrons. The smallest absolute Gasteiger partial charge is 0.259 e. The van der Waals surface area contributed by atoms with E-state index in [4.69, 9.17) is 4.74 Å². The first-order valence-corrected chi connectivity index (χ1v) is 12.6. The SMILES string of the molecule is Cc1nn(Cc2ccccc2)cc1C(=O)Nc1ccc(N2CCC(N3CCOCC3)CC2)c(C#N)c1.O. The number of aryl methyl sites for hydroxylation is 1. The molecule has 1 aromatic heterocycles. The zero-order valence-electron chi connectivity index (χ0n) is 21.2. The van der Waals surface area contributed by atoms with Crippen LogP contribution in [-0.2, 0) is 11.3 Å². The van der Waals surface area contributed by atoms with Crippen LogP contribution in [0.3, 0.4) is 0 Å². The molecular weight excluding hydrogens is 468 g/mol. The fourth-order valence-corrected chi connectivity index (χ4v) is 5.18. The van der Waals surface area contributed by atoms with Gasteiger partial charge in [-0.2, -0.15) is 10.4 Å². The summed E-state index contributed by atoms with van der Waals surface area (Å²) in [6.07, 6.45) is 3.93. The minimum atomic E-state index is -0.227. The van der Waals surface area contributed by atoms with Crippen molar-refractivity contribution in [3.05, 3.63) is 77.1 Å². The molecule has 0 saturated carbocycles. The van der Waals surface area contributed by atoms with Crippen molar-refractivity contribution in [2.24, 2.45) is 0 Å². The third-order valence-corrected chi connectivity index (χ3v) is 7.12. The fraction of sp³-hybridized carbons (Fsp3) is 0.393. The van der Waals surface area contributed by atoms with Crippen LogP contribution >= 0.6 is 0 Å². The number of piperidine rings is 1. The lowest BCUT2D eigenvalue weighted by Gasteiger charge is -2.41. The Balaban J connectivity index is 0.00000320. The first-order chi connectivity index (χ1) is 17.6. The second kappa shape index (κ2) is 12.0. The zero-order valence-corrected chi connectivity index (χ0v) is 21.2. The Labute approximate surface area is 217 Å². The number of hydrogen-bond acceptors (Lipinski definition) is 6. The molecule has 2 aliphatic rings. The van der Waals surface area contributed by atoms with Crippen molar-refractivity contribution >= 4 is 17.3 Å². The van der Waals surface area contributed by atoms with Crippen LogP contribution in [0.25, 0.3) is 0 Å². The summed E-state index contributed by atoms with van der Waals surface area (Å²) >= 11 is 0. The number of amides is 1. The van der Waals surface area contributed by atoms with E-state index in [9.17, 15) is 10.1 Å². The Kier molecular flexibility index (Phi) is 8.56. The number of nitrogens with one attached hydrogen (secondary N) is 1. The van der Waals surface area contributed by atoms with Crippen LogP contribution in [0.5, 0.6) is 0 Å². The minimum Gasteiger partial charge on any atom is -0.412 e. The number of aromatic nitrogens is 2. The largest absolute Gasteiger partial charge is 0.412 e. The van der Waals surface area contributed by atoms with Crippen LogP contribution in [0.1, 0.15) is 40.0 Å². The summed E-state index contributed by atoms with van der Waals surface area (Å²) in [6.45, 7) is 7.93. The van der Waals surface area contributed by atoms with Gasteiger partial charge in [-0.15, -0.1) is 0 Å². The van der Waals surface area contributed by atoms with Gasteiger partial charge >= 0.3 is 0 Å². The number of benzene rings is 2. The lowest BCUT2D eigenvalue weighted by Crippen LogP contribution is -2.49. The van der Waals surface area contributed by atoms with Crippen molar-refractivity contribution in [2.45, 2.75) is 32.4 Å². The van der Waals surface area contributed by atoms with E-state index in [-0.39, 0.29) is 11.4 Å². The first kappa shape index (κ1) is 26.4. The van der Waals surface area contributed by atoms with E-state index in [1.807, 2.05) is 49.4 Å². The maximum absolute atomic E-state index is 13.0. The van der Waals surface area contributed by atoms with E-state index < -0.39 is 0 Å². The molecule has 2 fully saturated rings. The molecule has 9 heteroatoms. The monoisotopic (exact) mass is 502 g/mol. The average Bonchev–Trinajstić information content (AvgIpc) is 3.29. The average molecular weight is 503 g/mol. The van der Waals surface area contributed by atoms with Crippen molar-refractivity contribution < 1.29 is 15.0 Å². The van der Waals surface area contributed by atoms with Gasteiger partial charge in [-0.1, -0.05) is 30.3 Å². The van der Waals surface area contributed by atoms with Gasteiger partial charge in [0, 0.05) is 44.1 Å². The third-order valence-electron chi connectivity index (χ3n) is 7.12. The van der Waals surface area contributed by atoms with Gasteiger partial charge in [0.15, 0.2) is 0 Å². The Bertz CT molecular complexity index is 1240. The minimum absolute atomic E-state index is 0. The number of carbonyl (C=O) groups is 1. The number of hydrogen-bond donors (Lipinski definition) is 1. The van der Waals surface area contributed by atoms with Crippen LogP contribution < -0.4 is 10.2 Å². The molecule has 5 rings (SSSR count). The molecule has 0 atom stereocenters. The van der Waals surface area contributed by atoms with Crippen LogP contribution in [0.15, 0.2) is 54.7 Å². The summed E-state index contributed by atoms with van der Waals surface area (Å²) in [4.78, 5) is 17.8. The van der Waals surface area contributed by atoms with Crippen LogP contribution in [-0.4, -0.2) is 71.5 Å². The van der Waals surface area contributed by atoms with Gasteiger partial charge in [0.2, 0.25) is 0 Å². The maximum Gasteiger partial charge on any atom is 0.259 e. The molecule has 37 heavy (non-hydrogen) atoms. The summed E-state index contributed by atoms with van der Waals surface area (Å²) in [5.41, 5.74) is 4.44. The second-order valence-electron chi connectivity index (χ2n) is 9.48. The predicted molar refractivity (Wildman–Crippen MR) is 143 cm³/mol. The summed E-state index contributed by atoms with van der Waals surface area (Å²) < 4.78 is 7.27. The molecule has 1 amide bonds. The van der Waals surface area contributed by atoms with Gasteiger partial charge < -0.3 is 20.4 Å². The quantitative estimate of drug-likeness (QED) is 0.554. The zero-order chi connectivity index (χ0) is 24.9. The van der Waals surface area contributed by atoms with Crippen molar-refractivity contribution in [2.75, 3.05) is 49.6 Å². The van der Waals surface area contributed by atoms with Gasteiger partial charge in [0.05, 0.1) is 42.3 Å². The molecular formula is C28H34N6O3. The van der Waals surface area contributed by atoms with Crippen LogP contribution in [0.4, 0.5) is 11.4 Å². The Hall–Kier alpha value is -3.71. The molecule has 3 heterocycles. The van der Waals surface area contributed by atoms with Crippen molar-refractivity contribution in [3.8, 4) is 6.07 Å². The highest BCUT2D eigenvalue weighted by molar-refractivity contribution is 6.05. The number of nitriles is 1. The summed E-state index contributed by atoms with van der Waals surface area (Å²) in [6, 6.07) is 18.5. The lowest BCUT2D eigenvalue weighted by molar-refractivity contribution is 0.0115. The van der Waals surface area contributed by atoms with Gasteiger partial charge in [0.1, 0.15) is 6.07 Å². The van der Waals surface area contributed by atoms with Crippen molar-refractivity contribution in [3.63, 3.8) is 0 Å². The Morgan fingerprint density at radius 1 is 1.11 bits per heavy atom. The molecule has 2 saturated heterocycles. The van der Waals surface area contributed by atoms with E-state index in [1.165, 1.54) is 0 Å². The molecule has 3 N–H and O–H groups in total. The topological polar surface area (TPSA) is 118 Å². The summed E-state index contributed by atoms with van der Waals surface area (Å²) in [5, 5.41) is 17.3. The molecule has 0 aliphatic carbocycles. The van der Waals surface area contributed by atoms with Crippen LogP contribution in [0.2, 0.25) is 0 Å². The van der Waals surface area contributed by atoms with Gasteiger partial charge in [-0.3, -0.25) is 14.4 Å². The van der Waals surface area contributed by atoms with E-state index in [2.05, 4.69) is 26.3 Å². The molecule has 9 nitrogen and oxygen atoms in total. The highest BCUT2D eigenvalue weighted by Crippen LogP contribution is 2.28. The summed E-state index contributed by atoms with van der Waals surface area (Å²) in [7, 11) is 0. The number of carbonyl (C=O) groups excluding carboxylic acids is 1. The molecule has 3 aromatic rings. The number of ether oxygens (including phenoxy) is 1. The van der Waals surface area contributed by atoms with Crippen molar-refractivity contribution in [1.82, 2.24) is 14.7 Å². The van der Waals surface area contributed by atoms with Crippen LogP contribution in [0, 0.1) is 18.3 Å². The lowest BCUT2D eigenvalue weighted by atomic mass is 10.0. The van der Waals surface area contributed by atoms with Gasteiger partial charge in [0.25, 0.3) is 5.91 Å². The van der Waals surface area contributed by atoms with E-state index in [1.54, 1.807) is 16.9 Å². The number of morpholine rings is 1. The molecule has 2 aliphatic heterocycles. The summed E-state index contributed by atoms with van der Waals surface area (Å²) in [5.74, 6) is -0.227. The molecule has 2 aromatic carbocycles. The highest BCUT2D eigenvalue weighted by atomic mass is 16.5. The molecule has 0 bridgehead atoms. The first-order valence-electron chi connectivity index (χ1n) is 12.6. The highest BCUT2D eigenvalue weighted by Gasteiger charge is 2.27. The number of anilines is 2. The molecule has 0 spiro atoms. The fourth-order valence-electron chi connectivity index (χ4n) is 5.18. The number of nitrogens with zero attached hydrogens (tertiary/aromatic N) is 5. The normalized spacial score (nSPS) is 16.6. The Morgan fingerprint density at radius 2 is 1.84 bits per heavy atom. The standard InChI is InChI=1S/C28H32N6O2.H2O/c1-21-26(20-34(31-21)19-22-5-3-2-4-6-22)28(35)30-24-7-8-27(23(17-24)18-29)33-11-9-25(10-12-33)32-13-15-36-16-14-32;/h2-8,17,20,25H,9-16,19H2,1H3,(H,30,35);1H2. The maximum atomic E-state index is 13.0. The van der Waals surface area contributed by atoms with E-state index in [0.717, 1.165) is 63.5 Å². The van der Waals surface area contributed by atoms with Gasteiger partial charge in [-0.05, 0) is 43.5 Å². The predicted octanol–water partition coefficient (Wildman–Crippen LogP) is 2.84. The third kappa shape index (κ3) is 6.17. The Morgan fingerprint density at radius 3 is 2.54 bits per heavy atom. The molecule has 0 unspecified atom stereocenters.